The summed E-state index contributed by atoms with van der Waals surface area (Å²) in [6, 6.07) is 5.34. The fraction of sp³-hybridized carbons (Fsp3) is 0.357. The van der Waals surface area contributed by atoms with Crippen molar-refractivity contribution in [1.82, 2.24) is 16.2 Å². The largest absolute Gasteiger partial charge is 0.483 e. The van der Waals surface area contributed by atoms with E-state index in [1.54, 1.807) is 12.1 Å². The van der Waals surface area contributed by atoms with Crippen molar-refractivity contribution in [2.24, 2.45) is 0 Å². The van der Waals surface area contributed by atoms with Crippen LogP contribution in [-0.2, 0) is 9.59 Å². The second kappa shape index (κ2) is 10.6. The van der Waals surface area contributed by atoms with Crippen LogP contribution in [0.3, 0.4) is 0 Å². The second-order valence-corrected chi connectivity index (χ2v) is 6.70. The Hall–Kier alpha value is -1.19. The van der Waals surface area contributed by atoms with Crippen molar-refractivity contribution >= 4 is 61.0 Å². The maximum atomic E-state index is 11.7. The first-order valence-corrected chi connectivity index (χ1v) is 8.88. The minimum Gasteiger partial charge on any atom is -0.483 e. The van der Waals surface area contributed by atoms with Crippen LogP contribution in [0.4, 0.5) is 0 Å². The summed E-state index contributed by atoms with van der Waals surface area (Å²) < 4.78 is 6.99. The summed E-state index contributed by atoms with van der Waals surface area (Å²) in [5.41, 5.74) is 4.80. The summed E-state index contributed by atoms with van der Waals surface area (Å²) in [7, 11) is 0. The van der Waals surface area contributed by atoms with Gasteiger partial charge in [0.15, 0.2) is 11.7 Å². The lowest BCUT2D eigenvalue weighted by atomic mass is 10.2. The normalized spacial score (nSPS) is 9.87. The molecule has 23 heavy (non-hydrogen) atoms. The van der Waals surface area contributed by atoms with Crippen molar-refractivity contribution in [2.75, 3.05) is 6.61 Å². The lowest BCUT2D eigenvalue weighted by Crippen LogP contribution is -2.49. The number of hydrogen-bond acceptors (Lipinski definition) is 4. The molecule has 0 heterocycles. The van der Waals surface area contributed by atoms with E-state index in [1.165, 1.54) is 0 Å². The van der Waals surface area contributed by atoms with E-state index in [4.69, 9.17) is 17.0 Å². The number of amides is 2. The quantitative estimate of drug-likeness (QED) is 0.443. The van der Waals surface area contributed by atoms with Gasteiger partial charge in [-0.2, -0.15) is 0 Å². The smallest absolute Gasteiger partial charge is 0.276 e. The molecule has 0 aliphatic carbocycles. The average molecular weight is 467 g/mol. The maximum absolute atomic E-state index is 11.7. The highest BCUT2D eigenvalue weighted by Crippen LogP contribution is 2.27. The number of nitrogens with one attached hydrogen (secondary N) is 3. The molecule has 0 aliphatic heterocycles. The summed E-state index contributed by atoms with van der Waals surface area (Å²) in [6.07, 6.45) is 2.11. The number of thiocarbonyl (C=S) groups is 1. The van der Waals surface area contributed by atoms with Crippen molar-refractivity contribution in [3.8, 4) is 5.75 Å². The van der Waals surface area contributed by atoms with E-state index < -0.39 is 5.91 Å². The fourth-order valence-corrected chi connectivity index (χ4v) is 2.78. The zero-order valence-corrected chi connectivity index (χ0v) is 16.4. The Labute approximate surface area is 157 Å². The molecule has 0 saturated heterocycles. The SMILES string of the molecule is CCCCC(=O)NC(=S)NNC(=O)COc1ccc(Br)cc1Br. The van der Waals surface area contributed by atoms with Gasteiger partial charge in [-0.3, -0.25) is 20.4 Å². The van der Waals surface area contributed by atoms with Gasteiger partial charge >= 0.3 is 0 Å². The number of halogens is 2. The molecule has 0 aromatic heterocycles. The molecule has 0 saturated carbocycles. The van der Waals surface area contributed by atoms with E-state index in [2.05, 4.69) is 48.0 Å². The molecule has 0 atom stereocenters. The van der Waals surface area contributed by atoms with E-state index in [0.29, 0.717) is 12.2 Å². The van der Waals surface area contributed by atoms with Crippen LogP contribution in [0.2, 0.25) is 0 Å². The first-order chi connectivity index (χ1) is 10.9. The van der Waals surface area contributed by atoms with Crippen molar-refractivity contribution < 1.29 is 14.3 Å². The van der Waals surface area contributed by atoms with E-state index in [0.717, 1.165) is 21.8 Å². The number of unbranched alkanes of at least 4 members (excludes halogenated alkanes) is 1. The Kier molecular flexibility index (Phi) is 9.12. The molecule has 3 N–H and O–H groups in total. The minimum absolute atomic E-state index is 0.0456. The van der Waals surface area contributed by atoms with Crippen LogP contribution >= 0.6 is 44.1 Å². The highest BCUT2D eigenvalue weighted by molar-refractivity contribution is 9.11. The molecular weight excluding hydrogens is 450 g/mol. The van der Waals surface area contributed by atoms with Crippen LogP contribution in [0.5, 0.6) is 5.75 Å². The summed E-state index contributed by atoms with van der Waals surface area (Å²) >= 11 is 11.6. The zero-order chi connectivity index (χ0) is 17.2. The summed E-state index contributed by atoms with van der Waals surface area (Å²) in [4.78, 5) is 23.1. The molecule has 6 nitrogen and oxygen atoms in total. The number of rotatable bonds is 6. The molecule has 2 amide bonds. The Morgan fingerprint density at radius 1 is 1.22 bits per heavy atom. The van der Waals surface area contributed by atoms with Crippen molar-refractivity contribution in [2.45, 2.75) is 26.2 Å². The number of hydrogen-bond donors (Lipinski definition) is 3. The van der Waals surface area contributed by atoms with E-state index in [9.17, 15) is 9.59 Å². The van der Waals surface area contributed by atoms with Gasteiger partial charge in [0, 0.05) is 10.9 Å². The third kappa shape index (κ3) is 8.29. The molecule has 1 rings (SSSR count). The zero-order valence-electron chi connectivity index (χ0n) is 12.4. The second-order valence-electron chi connectivity index (χ2n) is 4.52. The third-order valence-corrected chi connectivity index (χ3v) is 3.90. The molecule has 0 aliphatic rings. The van der Waals surface area contributed by atoms with E-state index in [-0.39, 0.29) is 17.6 Å². The van der Waals surface area contributed by atoms with Crippen LogP contribution in [0.25, 0.3) is 0 Å². The van der Waals surface area contributed by atoms with Gasteiger partial charge in [0.05, 0.1) is 4.47 Å². The predicted molar refractivity (Wildman–Crippen MR) is 98.9 cm³/mol. The average Bonchev–Trinajstić information content (AvgIpc) is 2.50. The standard InChI is InChI=1S/C14H17Br2N3O3S/c1-2-3-4-12(20)17-14(23)19-18-13(21)8-22-11-6-5-9(15)7-10(11)16/h5-7H,2-4,8H2,1H3,(H,18,21)(H2,17,19,20,23). The first kappa shape index (κ1) is 19.9. The van der Waals surface area contributed by atoms with Crippen molar-refractivity contribution in [1.29, 1.82) is 0 Å². The number of ether oxygens (including phenoxy) is 1. The Morgan fingerprint density at radius 3 is 2.61 bits per heavy atom. The molecule has 0 spiro atoms. The third-order valence-electron chi connectivity index (χ3n) is 2.58. The Bertz CT molecular complexity index is 584. The predicted octanol–water partition coefficient (Wildman–Crippen LogP) is 2.80. The van der Waals surface area contributed by atoms with Gasteiger partial charge in [-0.25, -0.2) is 0 Å². The number of hydrazine groups is 1. The van der Waals surface area contributed by atoms with Gasteiger partial charge in [0.1, 0.15) is 5.75 Å². The van der Waals surface area contributed by atoms with Gasteiger partial charge in [0.2, 0.25) is 5.91 Å². The van der Waals surface area contributed by atoms with Crippen LogP contribution in [0.1, 0.15) is 26.2 Å². The summed E-state index contributed by atoms with van der Waals surface area (Å²) in [5, 5.41) is 2.52. The highest BCUT2D eigenvalue weighted by Gasteiger charge is 2.08. The van der Waals surface area contributed by atoms with Gasteiger partial charge in [-0.1, -0.05) is 29.3 Å². The Balaban J connectivity index is 2.28. The number of carbonyl (C=O) groups excluding carboxylic acids is 2. The van der Waals surface area contributed by atoms with Crippen molar-refractivity contribution in [3.63, 3.8) is 0 Å². The van der Waals surface area contributed by atoms with Gasteiger partial charge in [0.25, 0.3) is 5.91 Å². The monoisotopic (exact) mass is 465 g/mol. The first-order valence-electron chi connectivity index (χ1n) is 6.89. The lowest BCUT2D eigenvalue weighted by Gasteiger charge is -2.12. The highest BCUT2D eigenvalue weighted by atomic mass is 79.9. The molecule has 1 aromatic carbocycles. The lowest BCUT2D eigenvalue weighted by molar-refractivity contribution is -0.124. The summed E-state index contributed by atoms with van der Waals surface area (Å²) in [5.74, 6) is -0.0718. The van der Waals surface area contributed by atoms with E-state index in [1.807, 2.05) is 13.0 Å². The molecular formula is C14H17Br2N3O3S. The van der Waals surface area contributed by atoms with Crippen LogP contribution in [0, 0.1) is 0 Å². The van der Waals surface area contributed by atoms with Crippen molar-refractivity contribution in [3.05, 3.63) is 27.1 Å². The van der Waals surface area contributed by atoms with Crippen LogP contribution < -0.4 is 20.9 Å². The maximum Gasteiger partial charge on any atom is 0.276 e. The molecule has 0 bridgehead atoms. The summed E-state index contributed by atoms with van der Waals surface area (Å²) in [6.45, 7) is 1.80. The fourth-order valence-electron chi connectivity index (χ4n) is 1.46. The topological polar surface area (TPSA) is 79.5 Å². The van der Waals surface area contributed by atoms with Gasteiger partial charge in [-0.05, 0) is 52.8 Å². The molecule has 0 unspecified atom stereocenters. The molecule has 126 valence electrons. The van der Waals surface area contributed by atoms with Crippen LogP contribution in [-0.4, -0.2) is 23.5 Å². The number of benzene rings is 1. The van der Waals surface area contributed by atoms with E-state index >= 15 is 0 Å². The van der Waals surface area contributed by atoms with Crippen LogP contribution in [0.15, 0.2) is 27.1 Å². The number of carbonyl (C=O) groups is 2. The van der Waals surface area contributed by atoms with Gasteiger partial charge < -0.3 is 10.1 Å². The molecule has 0 radical (unpaired) electrons. The molecule has 1 aromatic rings. The molecule has 9 heteroatoms. The molecule has 0 fully saturated rings. The van der Waals surface area contributed by atoms with Gasteiger partial charge in [-0.15, -0.1) is 0 Å². The minimum atomic E-state index is -0.426. The Morgan fingerprint density at radius 2 is 1.96 bits per heavy atom.